The second-order valence-electron chi connectivity index (χ2n) is 7.52. The predicted molar refractivity (Wildman–Crippen MR) is 131 cm³/mol. The quantitative estimate of drug-likeness (QED) is 0.479. The van der Waals surface area contributed by atoms with Crippen LogP contribution in [0.2, 0.25) is 0 Å². The molecule has 31 heavy (non-hydrogen) atoms. The summed E-state index contributed by atoms with van der Waals surface area (Å²) in [4.78, 5) is 17.0. The Kier molecular flexibility index (Phi) is 8.65. The van der Waals surface area contributed by atoms with Crippen LogP contribution in [0.5, 0.6) is 0 Å². The molecular formula is C25H28N4OS. The lowest BCUT2D eigenvalue weighted by molar-refractivity contribution is 0.102. The molecule has 1 heterocycles. The van der Waals surface area contributed by atoms with Crippen molar-refractivity contribution >= 4 is 30.8 Å². The number of aromatic nitrogens is 1. The Labute approximate surface area is 190 Å². The maximum atomic E-state index is 12.5. The summed E-state index contributed by atoms with van der Waals surface area (Å²) in [7, 11) is 0. The third-order valence-electron chi connectivity index (χ3n) is 5.32. The molecule has 1 atom stereocenters. The second kappa shape index (κ2) is 11.2. The van der Waals surface area contributed by atoms with Crippen molar-refractivity contribution in [1.82, 2.24) is 4.98 Å². The third kappa shape index (κ3) is 6.09. The lowest BCUT2D eigenvalue weighted by Gasteiger charge is -2.10. The molecule has 6 heteroatoms. The lowest BCUT2D eigenvalue weighted by Crippen LogP contribution is -2.13. The highest BCUT2D eigenvalue weighted by Gasteiger charge is 2.12. The average molecular weight is 433 g/mol. The summed E-state index contributed by atoms with van der Waals surface area (Å²) in [6.45, 7) is 4.42. The topological polar surface area (TPSA) is 91.8 Å². The van der Waals surface area contributed by atoms with Crippen LogP contribution in [-0.2, 0) is 6.42 Å². The number of nitrogens with one attached hydrogen (secondary N) is 1. The van der Waals surface area contributed by atoms with Crippen LogP contribution in [0.1, 0.15) is 48.2 Å². The Bertz CT molecular complexity index is 1070. The highest BCUT2D eigenvalue weighted by molar-refractivity contribution is 7.59. The number of nitrogen functional groups attached to an aromatic ring is 1. The molecule has 0 aliphatic carbocycles. The van der Waals surface area contributed by atoms with E-state index in [-0.39, 0.29) is 19.4 Å². The van der Waals surface area contributed by atoms with Crippen LogP contribution >= 0.6 is 13.5 Å². The maximum Gasteiger partial charge on any atom is 0.255 e. The zero-order valence-electron chi connectivity index (χ0n) is 17.9. The molecule has 0 aliphatic rings. The van der Waals surface area contributed by atoms with E-state index in [0.29, 0.717) is 34.1 Å². The Morgan fingerprint density at radius 2 is 1.90 bits per heavy atom. The van der Waals surface area contributed by atoms with Crippen LogP contribution in [0.3, 0.4) is 0 Å². The summed E-state index contributed by atoms with van der Waals surface area (Å²) in [5.41, 5.74) is 10.5. The molecule has 3 rings (SSSR count). The maximum absolute atomic E-state index is 12.5. The number of nitrogens with zero attached hydrogens (tertiary/aromatic N) is 2. The monoisotopic (exact) mass is 432 g/mol. The first-order valence-corrected chi connectivity index (χ1v) is 10.2. The number of anilines is 2. The number of nitrogens with two attached hydrogens (primary N) is 1. The molecule has 0 aliphatic heterocycles. The molecule has 0 spiro atoms. The molecule has 3 aromatic rings. The molecule has 160 valence electrons. The highest BCUT2D eigenvalue weighted by atomic mass is 32.1. The minimum absolute atomic E-state index is 0. The van der Waals surface area contributed by atoms with Gasteiger partial charge in [-0.15, -0.1) is 0 Å². The second-order valence-corrected chi connectivity index (χ2v) is 7.52. The number of nitriles is 1. The standard InChI is InChI=1S/C25H26N4O.H2S/c1-3-17(2)8-9-18-14-21(15-26)24(28-16-18)19-10-12-20(13-11-19)25(30)29-23-7-5-4-6-22(23)27;/h4-7,10-14,16-17H,3,8-9,27H2,1-2H3,(H,29,30);1H2/t17-;/m0./s1. The zero-order valence-corrected chi connectivity index (χ0v) is 18.9. The van der Waals surface area contributed by atoms with Gasteiger partial charge in [-0.2, -0.15) is 18.8 Å². The van der Waals surface area contributed by atoms with Gasteiger partial charge in [0.2, 0.25) is 0 Å². The first kappa shape index (κ1) is 24.0. The van der Waals surface area contributed by atoms with Gasteiger partial charge in [0.05, 0.1) is 22.6 Å². The molecule has 1 amide bonds. The number of carbonyl (C=O) groups is 1. The van der Waals surface area contributed by atoms with Gasteiger partial charge >= 0.3 is 0 Å². The highest BCUT2D eigenvalue weighted by Crippen LogP contribution is 2.24. The number of carbonyl (C=O) groups excluding carboxylic acids is 1. The summed E-state index contributed by atoms with van der Waals surface area (Å²) in [6.07, 6.45) is 4.99. The molecular weight excluding hydrogens is 404 g/mol. The summed E-state index contributed by atoms with van der Waals surface area (Å²) in [5, 5.41) is 12.4. The number of hydrogen-bond acceptors (Lipinski definition) is 4. The van der Waals surface area contributed by atoms with Gasteiger partial charge in [-0.1, -0.05) is 44.5 Å². The molecule has 0 radical (unpaired) electrons. The fourth-order valence-electron chi connectivity index (χ4n) is 3.16. The molecule has 0 bridgehead atoms. The van der Waals surface area contributed by atoms with Crippen LogP contribution in [0.15, 0.2) is 60.8 Å². The minimum atomic E-state index is -0.242. The van der Waals surface area contributed by atoms with E-state index in [1.165, 1.54) is 0 Å². The fourth-order valence-corrected chi connectivity index (χ4v) is 3.16. The van der Waals surface area contributed by atoms with E-state index >= 15 is 0 Å². The minimum Gasteiger partial charge on any atom is -0.397 e. The van der Waals surface area contributed by atoms with Crippen molar-refractivity contribution in [1.29, 1.82) is 5.26 Å². The molecule has 3 N–H and O–H groups in total. The third-order valence-corrected chi connectivity index (χ3v) is 5.32. The SMILES string of the molecule is CC[C@H](C)CCc1cnc(-c2ccc(C(=O)Nc3ccccc3N)cc2)c(C#N)c1.S. The van der Waals surface area contributed by atoms with Crippen molar-refractivity contribution in [2.24, 2.45) is 5.92 Å². The number of para-hydroxylation sites is 2. The van der Waals surface area contributed by atoms with Crippen LogP contribution in [0, 0.1) is 17.2 Å². The first-order valence-electron chi connectivity index (χ1n) is 10.2. The largest absolute Gasteiger partial charge is 0.397 e. The van der Waals surface area contributed by atoms with Crippen LogP contribution in [0.4, 0.5) is 11.4 Å². The number of amides is 1. The van der Waals surface area contributed by atoms with Crippen molar-refractivity contribution in [2.75, 3.05) is 11.1 Å². The molecule has 0 fully saturated rings. The van der Waals surface area contributed by atoms with Gasteiger partial charge < -0.3 is 11.1 Å². The van der Waals surface area contributed by atoms with E-state index in [1.807, 2.05) is 36.5 Å². The predicted octanol–water partition coefficient (Wildman–Crippen LogP) is 5.55. The Balaban J connectivity index is 0.00000341. The van der Waals surface area contributed by atoms with E-state index in [2.05, 4.69) is 30.2 Å². The Morgan fingerprint density at radius 3 is 2.55 bits per heavy atom. The van der Waals surface area contributed by atoms with Gasteiger partial charge in [-0.25, -0.2) is 0 Å². The summed E-state index contributed by atoms with van der Waals surface area (Å²) in [6, 6.07) is 18.4. The van der Waals surface area contributed by atoms with Gasteiger partial charge in [0.25, 0.3) is 5.91 Å². The van der Waals surface area contributed by atoms with E-state index in [9.17, 15) is 10.1 Å². The average Bonchev–Trinajstić information content (AvgIpc) is 2.78. The lowest BCUT2D eigenvalue weighted by atomic mass is 9.97. The van der Waals surface area contributed by atoms with Gasteiger partial charge in [-0.3, -0.25) is 9.78 Å². The van der Waals surface area contributed by atoms with Gasteiger partial charge in [0, 0.05) is 17.3 Å². The van der Waals surface area contributed by atoms with Crippen LogP contribution in [0.25, 0.3) is 11.3 Å². The Morgan fingerprint density at radius 1 is 1.19 bits per heavy atom. The number of pyridine rings is 1. The molecule has 0 saturated heterocycles. The van der Waals surface area contributed by atoms with E-state index in [4.69, 9.17) is 5.73 Å². The number of benzene rings is 2. The smallest absolute Gasteiger partial charge is 0.255 e. The summed E-state index contributed by atoms with van der Waals surface area (Å²) < 4.78 is 0. The molecule has 5 nitrogen and oxygen atoms in total. The molecule has 0 unspecified atom stereocenters. The Hall–Kier alpha value is -3.30. The van der Waals surface area contributed by atoms with Crippen molar-refractivity contribution < 1.29 is 4.79 Å². The number of rotatable bonds is 7. The van der Waals surface area contributed by atoms with Crippen molar-refractivity contribution in [3.05, 3.63) is 77.5 Å². The fraction of sp³-hybridized carbons (Fsp3) is 0.240. The molecule has 2 aromatic carbocycles. The van der Waals surface area contributed by atoms with Crippen molar-refractivity contribution in [3.63, 3.8) is 0 Å². The van der Waals surface area contributed by atoms with E-state index in [0.717, 1.165) is 30.4 Å². The molecule has 1 aromatic heterocycles. The van der Waals surface area contributed by atoms with Crippen molar-refractivity contribution in [2.45, 2.75) is 33.1 Å². The van der Waals surface area contributed by atoms with Crippen LogP contribution < -0.4 is 11.1 Å². The summed E-state index contributed by atoms with van der Waals surface area (Å²) in [5.74, 6) is 0.411. The van der Waals surface area contributed by atoms with Crippen LogP contribution in [-0.4, -0.2) is 10.9 Å². The van der Waals surface area contributed by atoms with Gasteiger partial charge in [-0.05, 0) is 54.7 Å². The number of aryl methyl sites for hydroxylation is 1. The van der Waals surface area contributed by atoms with E-state index in [1.54, 1.807) is 24.3 Å². The number of hydrogen-bond donors (Lipinski definition) is 2. The molecule has 0 saturated carbocycles. The first-order chi connectivity index (χ1) is 14.5. The van der Waals surface area contributed by atoms with Gasteiger partial charge in [0.1, 0.15) is 6.07 Å². The summed E-state index contributed by atoms with van der Waals surface area (Å²) >= 11 is 0. The zero-order chi connectivity index (χ0) is 21.5. The van der Waals surface area contributed by atoms with E-state index < -0.39 is 0 Å². The van der Waals surface area contributed by atoms with Gasteiger partial charge in [0.15, 0.2) is 0 Å². The normalized spacial score (nSPS) is 11.1. The van der Waals surface area contributed by atoms with Crippen molar-refractivity contribution in [3.8, 4) is 17.3 Å².